The summed E-state index contributed by atoms with van der Waals surface area (Å²) in [6, 6.07) is 0. The van der Waals surface area contributed by atoms with Crippen molar-refractivity contribution in [1.82, 2.24) is 5.06 Å². The number of amides is 1. The van der Waals surface area contributed by atoms with Crippen molar-refractivity contribution >= 4 is 5.91 Å². The minimum atomic E-state index is -0.245. The third-order valence-corrected chi connectivity index (χ3v) is 5.64. The molecule has 1 saturated heterocycles. The second-order valence-corrected chi connectivity index (χ2v) is 6.18. The Balaban J connectivity index is 2.01. The van der Waals surface area contributed by atoms with Gasteiger partial charge in [-0.2, -0.15) is 5.06 Å². The van der Waals surface area contributed by atoms with Gasteiger partial charge in [-0.15, -0.1) is 0 Å². The number of hydroxylamine groups is 2. The quantitative estimate of drug-likeness (QED) is 0.573. The van der Waals surface area contributed by atoms with Crippen LogP contribution in [0, 0.1) is 16.7 Å². The zero-order chi connectivity index (χ0) is 11.1. The van der Waals surface area contributed by atoms with Crippen LogP contribution in [0.1, 0.15) is 47.0 Å². The second-order valence-electron chi connectivity index (χ2n) is 6.18. The fraction of sp³-hybridized carbons (Fsp3) is 0.917. The molecule has 0 aromatic carbocycles. The molecule has 84 valence electrons. The Morgan fingerprint density at radius 3 is 2.40 bits per heavy atom. The van der Waals surface area contributed by atoms with Crippen molar-refractivity contribution in [1.29, 1.82) is 0 Å². The Bertz CT molecular complexity index is 352. The summed E-state index contributed by atoms with van der Waals surface area (Å²) in [5.41, 5.74) is 0.207. The number of nitrogens with zero attached hydrogens (tertiary/aromatic N) is 1. The van der Waals surface area contributed by atoms with Crippen LogP contribution in [0.15, 0.2) is 0 Å². The van der Waals surface area contributed by atoms with Gasteiger partial charge in [-0.05, 0) is 24.2 Å². The molecule has 3 heteroatoms. The van der Waals surface area contributed by atoms with Gasteiger partial charge in [0.2, 0.25) is 11.6 Å². The summed E-state index contributed by atoms with van der Waals surface area (Å²) in [4.78, 5) is 17.1. The third kappa shape index (κ3) is 0.780. The summed E-state index contributed by atoms with van der Waals surface area (Å²) < 4.78 is 0. The highest BCUT2D eigenvalue weighted by Crippen LogP contribution is 2.75. The molecular formula is C12H19NO2. The average molecular weight is 209 g/mol. The van der Waals surface area contributed by atoms with E-state index in [1.807, 2.05) is 0 Å². The number of rotatable bonds is 0. The molecule has 3 atom stereocenters. The monoisotopic (exact) mass is 209 g/mol. The van der Waals surface area contributed by atoms with E-state index in [1.165, 1.54) is 12.8 Å². The maximum absolute atomic E-state index is 11.4. The Morgan fingerprint density at radius 2 is 2.07 bits per heavy atom. The minimum absolute atomic E-state index is 0.0552. The highest BCUT2D eigenvalue weighted by molar-refractivity contribution is 5.75. The lowest BCUT2D eigenvalue weighted by Crippen LogP contribution is -2.41. The van der Waals surface area contributed by atoms with Crippen LogP contribution in [-0.2, 0) is 9.63 Å². The molecule has 0 aromatic rings. The normalized spacial score (nSPS) is 50.1. The number of carbonyl (C=O) groups excluding carboxylic acids is 1. The van der Waals surface area contributed by atoms with Crippen LogP contribution in [0.3, 0.4) is 0 Å². The van der Waals surface area contributed by atoms with Crippen LogP contribution in [0.5, 0.6) is 0 Å². The molecule has 2 saturated carbocycles. The van der Waals surface area contributed by atoms with E-state index in [-0.39, 0.29) is 17.0 Å². The first-order valence-electron chi connectivity index (χ1n) is 5.85. The maximum atomic E-state index is 11.4. The van der Waals surface area contributed by atoms with Crippen molar-refractivity contribution in [3.05, 3.63) is 0 Å². The highest BCUT2D eigenvalue weighted by atomic mass is 16.9. The lowest BCUT2D eigenvalue weighted by atomic mass is 9.68. The third-order valence-electron chi connectivity index (χ3n) is 5.64. The van der Waals surface area contributed by atoms with Gasteiger partial charge in [-0.25, -0.2) is 4.84 Å². The first kappa shape index (κ1) is 9.64. The Kier molecular flexibility index (Phi) is 1.44. The van der Waals surface area contributed by atoms with Crippen LogP contribution < -0.4 is 0 Å². The lowest BCUT2D eigenvalue weighted by Gasteiger charge is -2.36. The molecule has 0 radical (unpaired) electrons. The first-order valence-corrected chi connectivity index (χ1v) is 5.85. The van der Waals surface area contributed by atoms with Crippen molar-refractivity contribution in [2.75, 3.05) is 0 Å². The van der Waals surface area contributed by atoms with Crippen LogP contribution in [0.2, 0.25) is 0 Å². The van der Waals surface area contributed by atoms with Crippen LogP contribution in [0.4, 0.5) is 0 Å². The SMILES string of the molecule is CC(=O)N1O[C@]12C[C@H]1CC[C@]2(C)C1(C)C. The number of carbonyl (C=O) groups is 1. The molecule has 15 heavy (non-hydrogen) atoms. The Labute approximate surface area is 90.7 Å². The molecule has 3 rings (SSSR count). The predicted molar refractivity (Wildman–Crippen MR) is 55.6 cm³/mol. The van der Waals surface area contributed by atoms with Crippen LogP contribution in [-0.4, -0.2) is 16.7 Å². The zero-order valence-electron chi connectivity index (χ0n) is 9.96. The summed E-state index contributed by atoms with van der Waals surface area (Å²) in [6.07, 6.45) is 3.52. The van der Waals surface area contributed by atoms with Crippen molar-refractivity contribution in [3.63, 3.8) is 0 Å². The average Bonchev–Trinajstić information content (AvgIpc) is 2.77. The van der Waals surface area contributed by atoms with Gasteiger partial charge in [0.1, 0.15) is 0 Å². The summed E-state index contributed by atoms with van der Waals surface area (Å²) in [5, 5.41) is 1.62. The molecular weight excluding hydrogens is 190 g/mol. The molecule has 2 bridgehead atoms. The second kappa shape index (κ2) is 2.24. The molecule has 2 aliphatic carbocycles. The van der Waals surface area contributed by atoms with Gasteiger partial charge in [0.25, 0.3) is 0 Å². The van der Waals surface area contributed by atoms with Crippen molar-refractivity contribution < 1.29 is 9.63 Å². The van der Waals surface area contributed by atoms with Crippen molar-refractivity contribution in [3.8, 4) is 0 Å². The summed E-state index contributed by atoms with van der Waals surface area (Å²) in [5.74, 6) is 0.770. The van der Waals surface area contributed by atoms with Crippen LogP contribution >= 0.6 is 0 Å². The molecule has 0 unspecified atom stereocenters. The molecule has 0 N–H and O–H groups in total. The van der Waals surface area contributed by atoms with Gasteiger partial charge in [-0.1, -0.05) is 20.8 Å². The van der Waals surface area contributed by atoms with Gasteiger partial charge >= 0.3 is 0 Å². The smallest absolute Gasteiger partial charge is 0.245 e. The van der Waals surface area contributed by atoms with E-state index in [0.29, 0.717) is 11.3 Å². The summed E-state index contributed by atoms with van der Waals surface area (Å²) in [7, 11) is 0. The Morgan fingerprint density at radius 1 is 1.40 bits per heavy atom. The first-order chi connectivity index (χ1) is 6.85. The Hall–Kier alpha value is -0.570. The number of hydrogen-bond donors (Lipinski definition) is 0. The van der Waals surface area contributed by atoms with Crippen molar-refractivity contribution in [2.45, 2.75) is 52.7 Å². The summed E-state index contributed by atoms with van der Waals surface area (Å²) >= 11 is 0. The molecule has 1 spiro atoms. The molecule has 3 nitrogen and oxygen atoms in total. The largest absolute Gasteiger partial charge is 0.273 e. The number of hydrogen-bond acceptors (Lipinski definition) is 2. The maximum Gasteiger partial charge on any atom is 0.245 e. The van der Waals surface area contributed by atoms with E-state index in [4.69, 9.17) is 4.84 Å². The van der Waals surface area contributed by atoms with Crippen LogP contribution in [0.25, 0.3) is 0 Å². The summed E-state index contributed by atoms with van der Waals surface area (Å²) in [6.45, 7) is 8.55. The molecule has 0 aromatic heterocycles. The van der Waals surface area contributed by atoms with E-state index in [1.54, 1.807) is 12.0 Å². The topological polar surface area (TPSA) is 32.6 Å². The fourth-order valence-corrected chi connectivity index (χ4v) is 4.11. The molecule has 3 fully saturated rings. The van der Waals surface area contributed by atoms with E-state index in [2.05, 4.69) is 20.8 Å². The van der Waals surface area contributed by atoms with Gasteiger partial charge in [-0.3, -0.25) is 4.79 Å². The molecule has 1 heterocycles. The lowest BCUT2D eigenvalue weighted by molar-refractivity contribution is -0.129. The standard InChI is InChI=1S/C12H19NO2/c1-8(14)13-12(15-13)7-9-5-6-11(12,4)10(9,2)3/h9H,5-7H2,1-4H3/t9-,11-,12+,13?/m1/s1. The van der Waals surface area contributed by atoms with Crippen molar-refractivity contribution in [2.24, 2.45) is 16.7 Å². The van der Waals surface area contributed by atoms with Gasteiger partial charge in [0.05, 0.1) is 0 Å². The van der Waals surface area contributed by atoms with Gasteiger partial charge < -0.3 is 0 Å². The van der Waals surface area contributed by atoms with E-state index < -0.39 is 0 Å². The minimum Gasteiger partial charge on any atom is -0.273 e. The van der Waals surface area contributed by atoms with Gasteiger partial charge in [0.15, 0.2) is 0 Å². The number of fused-ring (bicyclic) bond motifs is 3. The van der Waals surface area contributed by atoms with E-state index in [0.717, 1.165) is 6.42 Å². The molecule has 1 amide bonds. The fourth-order valence-electron chi connectivity index (χ4n) is 4.11. The van der Waals surface area contributed by atoms with Gasteiger partial charge in [0, 0.05) is 18.8 Å². The molecule has 3 aliphatic rings. The van der Waals surface area contributed by atoms with E-state index in [9.17, 15) is 4.79 Å². The predicted octanol–water partition coefficient (Wildman–Crippen LogP) is 2.32. The molecule has 1 aliphatic heterocycles. The highest BCUT2D eigenvalue weighted by Gasteiger charge is 2.80. The zero-order valence-corrected chi connectivity index (χ0v) is 9.96. The van der Waals surface area contributed by atoms with E-state index >= 15 is 0 Å².